The summed E-state index contributed by atoms with van der Waals surface area (Å²) in [5, 5.41) is 2.21. The summed E-state index contributed by atoms with van der Waals surface area (Å²) in [7, 11) is 0. The highest BCUT2D eigenvalue weighted by atomic mass is 16.3. The summed E-state index contributed by atoms with van der Waals surface area (Å²) in [4.78, 5) is 16.4. The molecule has 0 unspecified atom stereocenters. The highest BCUT2D eigenvalue weighted by Gasteiger charge is 2.11. The second kappa shape index (κ2) is 6.96. The molecule has 5 rings (SSSR count). The molecule has 0 N–H and O–H groups in total. The van der Waals surface area contributed by atoms with Gasteiger partial charge < -0.3 is 4.42 Å². The molecule has 5 aromatic rings. The predicted octanol–water partition coefficient (Wildman–Crippen LogP) is 7.13. The quantitative estimate of drug-likeness (QED) is 0.307. The van der Waals surface area contributed by atoms with Crippen molar-refractivity contribution < 1.29 is 9.21 Å². The van der Waals surface area contributed by atoms with Gasteiger partial charge in [-0.2, -0.15) is 0 Å². The fourth-order valence-corrected chi connectivity index (χ4v) is 3.87. The Morgan fingerprint density at radius 1 is 0.800 bits per heavy atom. The third-order valence-electron chi connectivity index (χ3n) is 5.67. The number of pyridine rings is 1. The first kappa shape index (κ1) is 18.3. The maximum absolute atomic E-state index is 11.5. The normalized spacial score (nSPS) is 11.3. The van der Waals surface area contributed by atoms with Gasteiger partial charge >= 0.3 is 0 Å². The first-order valence-corrected chi connectivity index (χ1v) is 10.0. The van der Waals surface area contributed by atoms with E-state index in [2.05, 4.69) is 44.2 Å². The zero-order valence-electron chi connectivity index (χ0n) is 17.2. The number of rotatable bonds is 3. The molecular formula is C27H21NO2. The van der Waals surface area contributed by atoms with E-state index in [0.717, 1.165) is 44.6 Å². The van der Waals surface area contributed by atoms with Gasteiger partial charge in [-0.05, 0) is 61.2 Å². The van der Waals surface area contributed by atoms with Gasteiger partial charge in [0.2, 0.25) is 0 Å². The van der Waals surface area contributed by atoms with Crippen molar-refractivity contribution >= 4 is 27.7 Å². The number of hydrogen-bond acceptors (Lipinski definition) is 3. The molecule has 30 heavy (non-hydrogen) atoms. The molecule has 0 atom stereocenters. The van der Waals surface area contributed by atoms with Crippen LogP contribution in [0.1, 0.15) is 28.4 Å². The zero-order chi connectivity index (χ0) is 20.8. The van der Waals surface area contributed by atoms with Crippen molar-refractivity contribution in [3.05, 3.63) is 89.5 Å². The molecule has 0 saturated carbocycles. The number of hydrogen-bond donors (Lipinski definition) is 0. The van der Waals surface area contributed by atoms with Crippen molar-refractivity contribution in [1.29, 1.82) is 0 Å². The number of aryl methyl sites for hydroxylation is 2. The lowest BCUT2D eigenvalue weighted by molar-refractivity contribution is 0.101. The minimum absolute atomic E-state index is 0.0704. The molecule has 2 aromatic heterocycles. The monoisotopic (exact) mass is 391 g/mol. The van der Waals surface area contributed by atoms with Crippen molar-refractivity contribution in [2.75, 3.05) is 0 Å². The number of ketones is 1. The summed E-state index contributed by atoms with van der Waals surface area (Å²) in [6.45, 7) is 5.77. The fraction of sp³-hybridized carbons (Fsp3) is 0.111. The summed E-state index contributed by atoms with van der Waals surface area (Å²) in [6.07, 6.45) is 0. The molecule has 0 amide bonds. The topological polar surface area (TPSA) is 43.1 Å². The van der Waals surface area contributed by atoms with E-state index < -0.39 is 0 Å². The van der Waals surface area contributed by atoms with Crippen LogP contribution in [0.2, 0.25) is 0 Å². The highest BCUT2D eigenvalue weighted by molar-refractivity contribution is 5.95. The molecule has 0 bridgehead atoms. The van der Waals surface area contributed by atoms with E-state index in [9.17, 15) is 4.79 Å². The third kappa shape index (κ3) is 3.09. The van der Waals surface area contributed by atoms with Gasteiger partial charge in [0.1, 0.15) is 11.3 Å². The van der Waals surface area contributed by atoms with Gasteiger partial charge in [-0.25, -0.2) is 4.98 Å². The average molecular weight is 391 g/mol. The molecule has 0 saturated heterocycles. The van der Waals surface area contributed by atoms with E-state index >= 15 is 0 Å². The third-order valence-corrected chi connectivity index (χ3v) is 5.67. The van der Waals surface area contributed by atoms with Crippen LogP contribution in [0.4, 0.5) is 0 Å². The number of aromatic nitrogens is 1. The number of benzene rings is 3. The Hall–Kier alpha value is -3.72. The summed E-state index contributed by atoms with van der Waals surface area (Å²) < 4.78 is 6.18. The molecule has 146 valence electrons. The van der Waals surface area contributed by atoms with Gasteiger partial charge in [0.05, 0.1) is 5.52 Å². The molecule has 3 heteroatoms. The first-order chi connectivity index (χ1) is 14.5. The minimum atomic E-state index is 0.0704. The Morgan fingerprint density at radius 3 is 2.30 bits per heavy atom. The van der Waals surface area contributed by atoms with Crippen LogP contribution in [0.5, 0.6) is 0 Å². The van der Waals surface area contributed by atoms with Crippen LogP contribution < -0.4 is 0 Å². The van der Waals surface area contributed by atoms with E-state index in [1.807, 2.05) is 42.5 Å². The summed E-state index contributed by atoms with van der Waals surface area (Å²) in [5.74, 6) is 0.831. The Labute approximate surface area is 175 Å². The standard InChI is InChI=1S/C27H21NO2/c1-16-4-5-17(2)27-23(16)12-13-24(28-27)26-15-22-11-10-21(14-25(22)30-26)20-8-6-19(7-9-20)18(3)29/h4-15H,1-3H3. The van der Waals surface area contributed by atoms with Gasteiger partial charge in [0.25, 0.3) is 0 Å². The summed E-state index contributed by atoms with van der Waals surface area (Å²) in [6, 6.07) is 24.3. The average Bonchev–Trinajstić information content (AvgIpc) is 3.19. The van der Waals surface area contributed by atoms with Gasteiger partial charge in [-0.15, -0.1) is 0 Å². The molecule has 2 heterocycles. The number of fused-ring (bicyclic) bond motifs is 2. The lowest BCUT2D eigenvalue weighted by Gasteiger charge is -2.06. The molecule has 0 aliphatic heterocycles. The minimum Gasteiger partial charge on any atom is -0.454 e. The molecule has 0 aliphatic carbocycles. The smallest absolute Gasteiger partial charge is 0.159 e. The largest absolute Gasteiger partial charge is 0.454 e. The summed E-state index contributed by atoms with van der Waals surface area (Å²) >= 11 is 0. The van der Waals surface area contributed by atoms with Gasteiger partial charge in [0, 0.05) is 16.3 Å². The molecular weight excluding hydrogens is 370 g/mol. The molecule has 0 radical (unpaired) electrons. The van der Waals surface area contributed by atoms with Crippen LogP contribution in [0.15, 0.2) is 77.2 Å². The maximum Gasteiger partial charge on any atom is 0.159 e. The highest BCUT2D eigenvalue weighted by Crippen LogP contribution is 2.32. The molecule has 3 aromatic carbocycles. The lowest BCUT2D eigenvalue weighted by Crippen LogP contribution is -1.90. The van der Waals surface area contributed by atoms with Crippen molar-refractivity contribution in [3.63, 3.8) is 0 Å². The van der Waals surface area contributed by atoms with E-state index in [0.29, 0.717) is 5.56 Å². The van der Waals surface area contributed by atoms with E-state index in [1.165, 1.54) is 10.9 Å². The van der Waals surface area contributed by atoms with Crippen molar-refractivity contribution in [3.8, 4) is 22.6 Å². The SMILES string of the molecule is CC(=O)c1ccc(-c2ccc3cc(-c4ccc5c(C)ccc(C)c5n4)oc3c2)cc1. The van der Waals surface area contributed by atoms with Crippen LogP contribution >= 0.6 is 0 Å². The molecule has 3 nitrogen and oxygen atoms in total. The maximum atomic E-state index is 11.5. The zero-order valence-corrected chi connectivity index (χ0v) is 17.2. The summed E-state index contributed by atoms with van der Waals surface area (Å²) in [5.41, 5.74) is 7.86. The first-order valence-electron chi connectivity index (χ1n) is 10.0. The van der Waals surface area contributed by atoms with Crippen LogP contribution in [0, 0.1) is 13.8 Å². The van der Waals surface area contributed by atoms with Crippen molar-refractivity contribution in [1.82, 2.24) is 4.98 Å². The van der Waals surface area contributed by atoms with E-state index in [-0.39, 0.29) is 5.78 Å². The van der Waals surface area contributed by atoms with Crippen LogP contribution in [-0.2, 0) is 0 Å². The molecule has 0 aliphatic rings. The second-order valence-corrected chi connectivity index (χ2v) is 7.79. The number of furan rings is 1. The predicted molar refractivity (Wildman–Crippen MR) is 122 cm³/mol. The molecule has 0 spiro atoms. The Kier molecular flexibility index (Phi) is 4.25. The lowest BCUT2D eigenvalue weighted by atomic mass is 10.0. The second-order valence-electron chi connectivity index (χ2n) is 7.79. The number of carbonyl (C=O) groups is 1. The van der Waals surface area contributed by atoms with E-state index in [4.69, 9.17) is 9.40 Å². The van der Waals surface area contributed by atoms with Gasteiger partial charge in [0.15, 0.2) is 11.5 Å². The number of Topliss-reactive ketones (excluding diaryl/α,β-unsaturated/α-hetero) is 1. The Balaban J connectivity index is 1.56. The van der Waals surface area contributed by atoms with Crippen LogP contribution in [0.25, 0.3) is 44.5 Å². The molecule has 0 fully saturated rings. The van der Waals surface area contributed by atoms with Crippen molar-refractivity contribution in [2.24, 2.45) is 0 Å². The van der Waals surface area contributed by atoms with Crippen molar-refractivity contribution in [2.45, 2.75) is 20.8 Å². The van der Waals surface area contributed by atoms with Gasteiger partial charge in [-0.1, -0.05) is 54.6 Å². The van der Waals surface area contributed by atoms with Crippen LogP contribution in [-0.4, -0.2) is 10.8 Å². The Morgan fingerprint density at radius 2 is 1.53 bits per heavy atom. The number of carbonyl (C=O) groups excluding carboxylic acids is 1. The van der Waals surface area contributed by atoms with E-state index in [1.54, 1.807) is 6.92 Å². The number of nitrogens with zero attached hydrogens (tertiary/aromatic N) is 1. The Bertz CT molecular complexity index is 1430. The fourth-order valence-electron chi connectivity index (χ4n) is 3.87. The van der Waals surface area contributed by atoms with Crippen LogP contribution in [0.3, 0.4) is 0 Å². The van der Waals surface area contributed by atoms with Gasteiger partial charge in [-0.3, -0.25) is 4.79 Å².